The average molecular weight is 338 g/mol. The number of nitrogens with zero attached hydrogens (tertiary/aromatic N) is 2. The molecule has 1 N–H and O–H groups in total. The van der Waals surface area contributed by atoms with Crippen LogP contribution in [0.5, 0.6) is 0 Å². The lowest BCUT2D eigenvalue weighted by Gasteiger charge is -2.28. The van der Waals surface area contributed by atoms with E-state index in [1.54, 1.807) is 4.90 Å². The number of aliphatic carboxylic acids is 1. The maximum atomic E-state index is 13.7. The number of hydrogen-bond donors (Lipinski definition) is 1. The zero-order valence-electron chi connectivity index (χ0n) is 13.3. The molecule has 5 nitrogen and oxygen atoms in total. The van der Waals surface area contributed by atoms with E-state index in [1.807, 2.05) is 30.3 Å². The number of carbonyl (C=O) groups excluding carboxylic acids is 1. The highest BCUT2D eigenvalue weighted by Crippen LogP contribution is 2.33. The molecule has 0 atom stereocenters. The Labute approximate surface area is 142 Å². The number of carboxylic acid groups (broad SMARTS) is 1. The van der Waals surface area contributed by atoms with Gasteiger partial charge in [-0.15, -0.1) is 0 Å². The number of carbonyl (C=O) groups is 2. The van der Waals surface area contributed by atoms with Crippen molar-refractivity contribution in [2.45, 2.75) is 13.0 Å². The normalized spacial score (nSPS) is 14.0. The second-order valence-corrected chi connectivity index (χ2v) is 6.01. The number of para-hydroxylation sites is 1. The van der Waals surface area contributed by atoms with Crippen molar-refractivity contribution < 1.29 is 19.1 Å². The Bertz CT molecular complexity index is 995. The van der Waals surface area contributed by atoms with Crippen molar-refractivity contribution in [3.05, 3.63) is 65.6 Å². The third kappa shape index (κ3) is 2.46. The number of halogens is 1. The highest BCUT2D eigenvalue weighted by Gasteiger charge is 2.32. The Kier molecular flexibility index (Phi) is 3.53. The molecular weight excluding hydrogens is 323 g/mol. The van der Waals surface area contributed by atoms with E-state index in [0.29, 0.717) is 35.1 Å². The highest BCUT2D eigenvalue weighted by atomic mass is 19.1. The van der Waals surface area contributed by atoms with Gasteiger partial charge < -0.3 is 14.6 Å². The molecule has 3 aromatic rings. The van der Waals surface area contributed by atoms with Crippen LogP contribution < -0.4 is 4.90 Å². The van der Waals surface area contributed by atoms with Crippen molar-refractivity contribution >= 4 is 28.5 Å². The van der Waals surface area contributed by atoms with Gasteiger partial charge >= 0.3 is 5.97 Å². The largest absolute Gasteiger partial charge is 0.480 e. The molecule has 1 amide bonds. The van der Waals surface area contributed by atoms with E-state index in [-0.39, 0.29) is 12.5 Å². The van der Waals surface area contributed by atoms with E-state index < -0.39 is 11.8 Å². The predicted molar refractivity (Wildman–Crippen MR) is 91.4 cm³/mol. The lowest BCUT2D eigenvalue weighted by molar-refractivity contribution is -0.137. The van der Waals surface area contributed by atoms with Gasteiger partial charge in [0.05, 0.1) is 0 Å². The highest BCUT2D eigenvalue weighted by molar-refractivity contribution is 6.11. The number of anilines is 1. The zero-order chi connectivity index (χ0) is 17.6. The van der Waals surface area contributed by atoms with Gasteiger partial charge in [-0.2, -0.15) is 0 Å². The minimum atomic E-state index is -1.05. The number of carboxylic acids is 1. The van der Waals surface area contributed by atoms with E-state index in [4.69, 9.17) is 0 Å². The number of aromatic nitrogens is 1. The Morgan fingerprint density at radius 1 is 1.16 bits per heavy atom. The van der Waals surface area contributed by atoms with Crippen molar-refractivity contribution in [2.24, 2.45) is 0 Å². The Morgan fingerprint density at radius 2 is 1.92 bits per heavy atom. The minimum Gasteiger partial charge on any atom is -0.480 e. The second kappa shape index (κ2) is 5.73. The van der Waals surface area contributed by atoms with Crippen LogP contribution in [0.3, 0.4) is 0 Å². The second-order valence-electron chi connectivity index (χ2n) is 6.01. The molecule has 126 valence electrons. The first kappa shape index (κ1) is 15.4. The van der Waals surface area contributed by atoms with Crippen LogP contribution in [-0.4, -0.2) is 28.1 Å². The van der Waals surface area contributed by atoms with Crippen molar-refractivity contribution in [2.75, 3.05) is 11.4 Å². The van der Waals surface area contributed by atoms with E-state index in [0.717, 1.165) is 5.69 Å². The maximum Gasteiger partial charge on any atom is 0.323 e. The molecule has 6 heteroatoms. The predicted octanol–water partition coefficient (Wildman–Crippen LogP) is 3.07. The molecule has 2 aromatic carbocycles. The molecule has 1 aliphatic heterocycles. The summed E-state index contributed by atoms with van der Waals surface area (Å²) in [5, 5.41) is 9.86. The minimum absolute atomic E-state index is 0.259. The molecule has 0 radical (unpaired) electrons. The number of hydrogen-bond acceptors (Lipinski definition) is 2. The van der Waals surface area contributed by atoms with Gasteiger partial charge in [0.2, 0.25) is 0 Å². The summed E-state index contributed by atoms with van der Waals surface area (Å²) < 4.78 is 15.2. The fourth-order valence-electron chi connectivity index (χ4n) is 3.50. The van der Waals surface area contributed by atoms with E-state index in [2.05, 4.69) is 0 Å². The molecule has 0 aliphatic carbocycles. The van der Waals surface area contributed by atoms with Gasteiger partial charge in [0, 0.05) is 23.1 Å². The summed E-state index contributed by atoms with van der Waals surface area (Å²) in [7, 11) is 0. The number of benzene rings is 2. The van der Waals surface area contributed by atoms with Crippen LogP contribution in [0.4, 0.5) is 10.1 Å². The van der Waals surface area contributed by atoms with Gasteiger partial charge in [-0.1, -0.05) is 18.2 Å². The smallest absolute Gasteiger partial charge is 0.323 e. The van der Waals surface area contributed by atoms with Crippen molar-refractivity contribution in [1.29, 1.82) is 0 Å². The molecule has 1 aromatic heterocycles. The first-order chi connectivity index (χ1) is 12.1. The van der Waals surface area contributed by atoms with Crippen LogP contribution in [0, 0.1) is 5.82 Å². The maximum absolute atomic E-state index is 13.7. The molecule has 0 bridgehead atoms. The number of amides is 1. The van der Waals surface area contributed by atoms with Gasteiger partial charge in [-0.25, -0.2) is 4.39 Å². The molecule has 25 heavy (non-hydrogen) atoms. The fraction of sp³-hybridized carbons (Fsp3) is 0.158. The summed E-state index contributed by atoms with van der Waals surface area (Å²) in [6.45, 7) is 0.129. The molecule has 0 saturated carbocycles. The fourth-order valence-corrected chi connectivity index (χ4v) is 3.50. The van der Waals surface area contributed by atoms with Crippen molar-refractivity contribution in [3.8, 4) is 0 Å². The van der Waals surface area contributed by atoms with Gasteiger partial charge in [0.25, 0.3) is 5.91 Å². The van der Waals surface area contributed by atoms with Crippen LogP contribution in [-0.2, 0) is 17.8 Å². The van der Waals surface area contributed by atoms with E-state index in [1.165, 1.54) is 22.8 Å². The lowest BCUT2D eigenvalue weighted by atomic mass is 10.0. The van der Waals surface area contributed by atoms with Crippen LogP contribution in [0.25, 0.3) is 10.9 Å². The Hall–Kier alpha value is -3.15. The summed E-state index contributed by atoms with van der Waals surface area (Å²) in [5.41, 5.74) is 2.37. The van der Waals surface area contributed by atoms with Gasteiger partial charge in [-0.05, 0) is 42.3 Å². The number of fused-ring (bicyclic) bond motifs is 3. The third-order valence-corrected chi connectivity index (χ3v) is 4.52. The monoisotopic (exact) mass is 338 g/mol. The van der Waals surface area contributed by atoms with E-state index >= 15 is 0 Å². The quantitative estimate of drug-likeness (QED) is 0.798. The first-order valence-corrected chi connectivity index (χ1v) is 7.95. The summed E-state index contributed by atoms with van der Waals surface area (Å²) in [6.07, 6.45) is 0.544. The molecule has 2 heterocycles. The molecule has 0 saturated heterocycles. The van der Waals surface area contributed by atoms with Crippen LogP contribution in [0.1, 0.15) is 16.1 Å². The summed E-state index contributed by atoms with van der Waals surface area (Å²) in [4.78, 5) is 26.0. The zero-order valence-corrected chi connectivity index (χ0v) is 13.3. The summed E-state index contributed by atoms with van der Waals surface area (Å²) in [6, 6.07) is 13.4. The average Bonchev–Trinajstić information content (AvgIpc) is 2.89. The standard InChI is InChI=1S/C19H15FN2O3/c20-12-6-7-16-15(10-12)14-8-9-21(13-4-2-1-3-5-13)19(25)18(14)22(16)11-17(23)24/h1-7,10H,8-9,11H2,(H,23,24). The molecule has 0 unspecified atom stereocenters. The number of rotatable bonds is 3. The SMILES string of the molecule is O=C(O)Cn1c2c(c3cc(F)ccc31)CCN(c1ccccc1)C2=O. The van der Waals surface area contributed by atoms with Crippen molar-refractivity contribution in [3.63, 3.8) is 0 Å². The van der Waals surface area contributed by atoms with Gasteiger partial charge in [0.1, 0.15) is 18.1 Å². The van der Waals surface area contributed by atoms with E-state index in [9.17, 15) is 19.1 Å². The lowest BCUT2D eigenvalue weighted by Crippen LogP contribution is -2.39. The summed E-state index contributed by atoms with van der Waals surface area (Å²) >= 11 is 0. The van der Waals surface area contributed by atoms with Crippen LogP contribution in [0.2, 0.25) is 0 Å². The molecule has 0 fully saturated rings. The van der Waals surface area contributed by atoms with Crippen LogP contribution >= 0.6 is 0 Å². The van der Waals surface area contributed by atoms with Gasteiger partial charge in [-0.3, -0.25) is 9.59 Å². The topological polar surface area (TPSA) is 62.5 Å². The van der Waals surface area contributed by atoms with Gasteiger partial charge in [0.15, 0.2) is 0 Å². The molecule has 1 aliphatic rings. The first-order valence-electron chi connectivity index (χ1n) is 7.95. The Morgan fingerprint density at radius 3 is 2.64 bits per heavy atom. The Balaban J connectivity index is 1.92. The third-order valence-electron chi connectivity index (χ3n) is 4.52. The van der Waals surface area contributed by atoms with Crippen molar-refractivity contribution in [1.82, 2.24) is 4.57 Å². The molecule has 4 rings (SSSR count). The molecule has 0 spiro atoms. The van der Waals surface area contributed by atoms with Crippen LogP contribution in [0.15, 0.2) is 48.5 Å². The summed E-state index contributed by atoms with van der Waals surface area (Å²) in [5.74, 6) is -1.71. The molecular formula is C19H15FN2O3.